The Morgan fingerprint density at radius 2 is 2.00 bits per heavy atom. The van der Waals surface area contributed by atoms with E-state index in [0.29, 0.717) is 12.1 Å². The molecule has 2 amide bonds. The van der Waals surface area contributed by atoms with Crippen LogP contribution >= 0.6 is 0 Å². The maximum absolute atomic E-state index is 12.3. The van der Waals surface area contributed by atoms with Crippen LogP contribution in [0.1, 0.15) is 36.8 Å². The summed E-state index contributed by atoms with van der Waals surface area (Å²) in [5, 5.41) is 8.53. The van der Waals surface area contributed by atoms with Gasteiger partial charge in [0.2, 0.25) is 5.91 Å². The molecule has 0 fully saturated rings. The van der Waals surface area contributed by atoms with Gasteiger partial charge in [0.25, 0.3) is 5.91 Å². The van der Waals surface area contributed by atoms with Crippen molar-refractivity contribution in [2.24, 2.45) is 5.41 Å². The summed E-state index contributed by atoms with van der Waals surface area (Å²) >= 11 is 0. The van der Waals surface area contributed by atoms with Crippen molar-refractivity contribution in [1.82, 2.24) is 15.6 Å². The van der Waals surface area contributed by atoms with Crippen molar-refractivity contribution in [2.45, 2.75) is 27.7 Å². The molecule has 0 unspecified atom stereocenters. The fourth-order valence-corrected chi connectivity index (χ4v) is 1.89. The van der Waals surface area contributed by atoms with Gasteiger partial charge in [0, 0.05) is 32.0 Å². The molecule has 1 aromatic heterocycles. The van der Waals surface area contributed by atoms with Gasteiger partial charge in [0.15, 0.2) is 0 Å². The highest BCUT2D eigenvalue weighted by Crippen LogP contribution is 2.17. The quantitative estimate of drug-likeness (QED) is 0.738. The van der Waals surface area contributed by atoms with Crippen LogP contribution in [0.15, 0.2) is 12.3 Å². The van der Waals surface area contributed by atoms with Gasteiger partial charge in [-0.2, -0.15) is 0 Å². The van der Waals surface area contributed by atoms with Crippen LogP contribution in [0.2, 0.25) is 0 Å². The molecule has 116 valence electrons. The fraction of sp³-hybridized carbons (Fsp3) is 0.533. The van der Waals surface area contributed by atoms with Crippen LogP contribution in [0.25, 0.3) is 0 Å². The summed E-state index contributed by atoms with van der Waals surface area (Å²) < 4.78 is 0. The van der Waals surface area contributed by atoms with Gasteiger partial charge in [-0.3, -0.25) is 14.6 Å². The first-order valence-electron chi connectivity index (χ1n) is 7.02. The third-order valence-electron chi connectivity index (χ3n) is 3.19. The number of aryl methyl sites for hydroxylation is 1. The molecule has 0 saturated carbocycles. The summed E-state index contributed by atoms with van der Waals surface area (Å²) in [6, 6.07) is 1.84. The number of amides is 2. The lowest BCUT2D eigenvalue weighted by molar-refractivity contribution is -0.128. The maximum atomic E-state index is 12.3. The molecule has 0 atom stereocenters. The Labute approximate surface area is 125 Å². The smallest absolute Gasteiger partial charge is 0.254 e. The third kappa shape index (κ3) is 4.44. The van der Waals surface area contributed by atoms with Crippen molar-refractivity contribution < 1.29 is 9.59 Å². The zero-order valence-corrected chi connectivity index (χ0v) is 13.3. The molecular weight excluding hydrogens is 268 g/mol. The molecule has 6 nitrogen and oxygen atoms in total. The minimum absolute atomic E-state index is 0.114. The van der Waals surface area contributed by atoms with E-state index in [-0.39, 0.29) is 18.4 Å². The van der Waals surface area contributed by atoms with Crippen LogP contribution in [0, 0.1) is 12.3 Å². The topological polar surface area (TPSA) is 83.1 Å². The summed E-state index contributed by atoms with van der Waals surface area (Å²) in [4.78, 5) is 28.2. The lowest BCUT2D eigenvalue weighted by Gasteiger charge is -2.23. The van der Waals surface area contributed by atoms with Crippen molar-refractivity contribution >= 4 is 17.5 Å². The first-order chi connectivity index (χ1) is 9.81. The Hall–Kier alpha value is -2.11. The molecule has 1 rings (SSSR count). The summed E-state index contributed by atoms with van der Waals surface area (Å²) in [6.45, 7) is 8.37. The highest BCUT2D eigenvalue weighted by atomic mass is 16.2. The molecule has 0 aliphatic heterocycles. The molecular formula is C15H24N4O2. The van der Waals surface area contributed by atoms with E-state index in [9.17, 15) is 9.59 Å². The van der Waals surface area contributed by atoms with E-state index < -0.39 is 5.41 Å². The molecule has 0 aromatic carbocycles. The van der Waals surface area contributed by atoms with Crippen LogP contribution in [0.5, 0.6) is 0 Å². The average molecular weight is 292 g/mol. The minimum Gasteiger partial charge on any atom is -0.385 e. The van der Waals surface area contributed by atoms with Gasteiger partial charge in [-0.1, -0.05) is 0 Å². The normalized spacial score (nSPS) is 10.9. The van der Waals surface area contributed by atoms with E-state index in [1.807, 2.05) is 19.9 Å². The summed E-state index contributed by atoms with van der Waals surface area (Å²) in [5.41, 5.74) is 1.41. The van der Waals surface area contributed by atoms with Gasteiger partial charge in [0.05, 0.1) is 16.7 Å². The van der Waals surface area contributed by atoms with E-state index in [0.717, 1.165) is 11.4 Å². The number of hydrogen-bond acceptors (Lipinski definition) is 4. The highest BCUT2D eigenvalue weighted by molar-refractivity contribution is 5.99. The third-order valence-corrected chi connectivity index (χ3v) is 3.19. The molecule has 0 saturated heterocycles. The number of hydrogen-bond donors (Lipinski definition) is 3. The molecule has 0 aliphatic carbocycles. The molecule has 0 aliphatic rings. The van der Waals surface area contributed by atoms with Gasteiger partial charge in [-0.25, -0.2) is 0 Å². The van der Waals surface area contributed by atoms with Crippen molar-refractivity contribution in [3.63, 3.8) is 0 Å². The van der Waals surface area contributed by atoms with E-state index in [1.165, 1.54) is 0 Å². The monoisotopic (exact) mass is 292 g/mol. The molecule has 6 heteroatoms. The summed E-state index contributed by atoms with van der Waals surface area (Å²) in [6.07, 6.45) is 1.55. The van der Waals surface area contributed by atoms with E-state index in [2.05, 4.69) is 20.9 Å². The fourth-order valence-electron chi connectivity index (χ4n) is 1.89. The molecule has 0 spiro atoms. The second-order valence-electron chi connectivity index (χ2n) is 5.55. The SMILES string of the molecule is CCNc1cc(C)ncc1C(=O)NCC(C)(C)C(=O)NC. The minimum atomic E-state index is -0.666. The number of pyridine rings is 1. The Bertz CT molecular complexity index is 526. The maximum Gasteiger partial charge on any atom is 0.254 e. The van der Waals surface area contributed by atoms with Crippen molar-refractivity contribution in [1.29, 1.82) is 0 Å². The Kier molecular flexibility index (Phi) is 5.69. The largest absolute Gasteiger partial charge is 0.385 e. The van der Waals surface area contributed by atoms with Crippen molar-refractivity contribution in [3.05, 3.63) is 23.5 Å². The lowest BCUT2D eigenvalue weighted by atomic mass is 9.92. The Morgan fingerprint density at radius 1 is 1.33 bits per heavy atom. The van der Waals surface area contributed by atoms with Crippen molar-refractivity contribution in [3.8, 4) is 0 Å². The summed E-state index contributed by atoms with van der Waals surface area (Å²) in [7, 11) is 1.58. The standard InChI is InChI=1S/C15H24N4O2/c1-6-17-12-7-10(2)18-8-11(12)13(20)19-9-15(3,4)14(21)16-5/h7-8H,6,9H2,1-5H3,(H,16,21)(H,17,18)(H,19,20). The van der Waals surface area contributed by atoms with Gasteiger partial charge in [0.1, 0.15) is 0 Å². The van der Waals surface area contributed by atoms with E-state index in [4.69, 9.17) is 0 Å². The number of rotatable bonds is 6. The molecule has 21 heavy (non-hydrogen) atoms. The summed E-state index contributed by atoms with van der Waals surface area (Å²) in [5.74, 6) is -0.354. The Morgan fingerprint density at radius 3 is 2.57 bits per heavy atom. The molecule has 1 heterocycles. The molecule has 0 radical (unpaired) electrons. The predicted octanol–water partition coefficient (Wildman–Crippen LogP) is 1.32. The van der Waals surface area contributed by atoms with Gasteiger partial charge in [-0.05, 0) is 33.8 Å². The zero-order chi connectivity index (χ0) is 16.0. The Balaban J connectivity index is 2.83. The van der Waals surface area contributed by atoms with Gasteiger partial charge < -0.3 is 16.0 Å². The number of carbonyl (C=O) groups excluding carboxylic acids is 2. The second kappa shape index (κ2) is 7.06. The van der Waals surface area contributed by atoms with E-state index >= 15 is 0 Å². The highest BCUT2D eigenvalue weighted by Gasteiger charge is 2.27. The first-order valence-corrected chi connectivity index (χ1v) is 7.02. The average Bonchev–Trinajstić information content (AvgIpc) is 2.44. The van der Waals surface area contributed by atoms with Crippen LogP contribution in [0.3, 0.4) is 0 Å². The second-order valence-corrected chi connectivity index (χ2v) is 5.55. The number of aromatic nitrogens is 1. The van der Waals surface area contributed by atoms with Crippen molar-refractivity contribution in [2.75, 3.05) is 25.5 Å². The van der Waals surface area contributed by atoms with Crippen LogP contribution in [0.4, 0.5) is 5.69 Å². The number of nitrogens with zero attached hydrogens (tertiary/aromatic N) is 1. The molecule has 1 aromatic rings. The van der Waals surface area contributed by atoms with E-state index in [1.54, 1.807) is 27.1 Å². The number of anilines is 1. The number of carbonyl (C=O) groups is 2. The van der Waals surface area contributed by atoms with Gasteiger partial charge >= 0.3 is 0 Å². The molecule has 0 bridgehead atoms. The van der Waals surface area contributed by atoms with Crippen LogP contribution < -0.4 is 16.0 Å². The zero-order valence-electron chi connectivity index (χ0n) is 13.3. The molecule has 3 N–H and O–H groups in total. The van der Waals surface area contributed by atoms with Crippen LogP contribution in [-0.4, -0.2) is 36.9 Å². The lowest BCUT2D eigenvalue weighted by Crippen LogP contribution is -2.43. The van der Waals surface area contributed by atoms with Crippen LogP contribution in [-0.2, 0) is 4.79 Å². The first kappa shape index (κ1) is 16.9. The van der Waals surface area contributed by atoms with Gasteiger partial charge in [-0.15, -0.1) is 0 Å². The predicted molar refractivity (Wildman–Crippen MR) is 83.3 cm³/mol. The number of nitrogens with one attached hydrogen (secondary N) is 3.